The van der Waals surface area contributed by atoms with E-state index in [1.54, 1.807) is 31.4 Å². The number of benzene rings is 1. The normalized spacial score (nSPS) is 10.2. The zero-order valence-electron chi connectivity index (χ0n) is 8.10. The molecule has 1 aromatic heterocycles. The molecule has 1 N–H and O–H groups in total. The Morgan fingerprint density at radius 2 is 2.20 bits per heavy atom. The number of hydrogen-bond acceptors (Lipinski definition) is 3. The van der Waals surface area contributed by atoms with Gasteiger partial charge in [-0.2, -0.15) is 0 Å². The number of aromatic carboxylic acids is 1. The summed E-state index contributed by atoms with van der Waals surface area (Å²) in [4.78, 5) is 14.7. The molecule has 0 amide bonds. The summed E-state index contributed by atoms with van der Waals surface area (Å²) in [5.74, 6) is -0.323. The maximum Gasteiger partial charge on any atom is 0.355 e. The molecule has 0 spiro atoms. The van der Waals surface area contributed by atoms with Crippen molar-refractivity contribution in [3.63, 3.8) is 0 Å². The molecule has 2 rings (SSSR count). The zero-order chi connectivity index (χ0) is 10.8. The lowest BCUT2D eigenvalue weighted by Crippen LogP contribution is -2.00. The smallest absolute Gasteiger partial charge is 0.355 e. The molecule has 0 radical (unpaired) electrons. The lowest BCUT2D eigenvalue weighted by Gasteiger charge is -2.03. The number of aromatic nitrogens is 1. The Balaban J connectivity index is 2.72. The predicted octanol–water partition coefficient (Wildman–Crippen LogP) is 1.94. The Kier molecular flexibility index (Phi) is 2.25. The SMILES string of the molecule is COc1ccc2c(C(=O)O)nccc2c1. The van der Waals surface area contributed by atoms with Gasteiger partial charge in [0.1, 0.15) is 5.75 Å². The summed E-state index contributed by atoms with van der Waals surface area (Å²) in [5.41, 5.74) is 0.0650. The number of ether oxygens (including phenoxy) is 1. The van der Waals surface area contributed by atoms with Crippen LogP contribution in [0.3, 0.4) is 0 Å². The van der Waals surface area contributed by atoms with E-state index in [9.17, 15) is 4.79 Å². The standard InChI is InChI=1S/C11H9NO3/c1-15-8-2-3-9-7(6-8)4-5-12-10(9)11(13)14/h2-6H,1H3,(H,13,14). The van der Waals surface area contributed by atoms with E-state index in [1.165, 1.54) is 6.20 Å². The number of rotatable bonds is 2. The van der Waals surface area contributed by atoms with Crippen molar-refractivity contribution >= 4 is 16.7 Å². The van der Waals surface area contributed by atoms with Gasteiger partial charge in [-0.1, -0.05) is 0 Å². The van der Waals surface area contributed by atoms with E-state index in [0.717, 1.165) is 5.39 Å². The van der Waals surface area contributed by atoms with Gasteiger partial charge in [0, 0.05) is 11.6 Å². The fourth-order valence-electron chi connectivity index (χ4n) is 1.45. The molecule has 15 heavy (non-hydrogen) atoms. The van der Waals surface area contributed by atoms with E-state index in [2.05, 4.69) is 4.98 Å². The quantitative estimate of drug-likeness (QED) is 0.810. The molecular formula is C11H9NO3. The van der Waals surface area contributed by atoms with Gasteiger partial charge in [-0.3, -0.25) is 0 Å². The van der Waals surface area contributed by atoms with E-state index in [4.69, 9.17) is 9.84 Å². The predicted molar refractivity (Wildman–Crippen MR) is 55.3 cm³/mol. The van der Waals surface area contributed by atoms with Crippen LogP contribution in [-0.2, 0) is 0 Å². The molecule has 0 bridgehead atoms. The molecule has 76 valence electrons. The van der Waals surface area contributed by atoms with Crippen LogP contribution in [0.5, 0.6) is 5.75 Å². The topological polar surface area (TPSA) is 59.4 Å². The fraction of sp³-hybridized carbons (Fsp3) is 0.0909. The highest BCUT2D eigenvalue weighted by Crippen LogP contribution is 2.22. The van der Waals surface area contributed by atoms with Gasteiger partial charge in [0.15, 0.2) is 5.69 Å². The average molecular weight is 203 g/mol. The van der Waals surface area contributed by atoms with Gasteiger partial charge in [0.2, 0.25) is 0 Å². The first-order valence-corrected chi connectivity index (χ1v) is 4.38. The summed E-state index contributed by atoms with van der Waals surface area (Å²) < 4.78 is 5.05. The molecule has 0 atom stereocenters. The lowest BCUT2D eigenvalue weighted by molar-refractivity contribution is 0.0693. The number of fused-ring (bicyclic) bond motifs is 1. The Labute approximate surface area is 86.1 Å². The number of carboxylic acid groups (broad SMARTS) is 1. The molecule has 0 saturated carbocycles. The summed E-state index contributed by atoms with van der Waals surface area (Å²) in [6.07, 6.45) is 1.48. The molecular weight excluding hydrogens is 194 g/mol. The van der Waals surface area contributed by atoms with Crippen LogP contribution in [0.4, 0.5) is 0 Å². The summed E-state index contributed by atoms with van der Waals surface area (Å²) in [6.45, 7) is 0. The number of hydrogen-bond donors (Lipinski definition) is 1. The van der Waals surface area contributed by atoms with Crippen molar-refractivity contribution in [3.8, 4) is 5.75 Å². The second-order valence-electron chi connectivity index (χ2n) is 3.05. The van der Waals surface area contributed by atoms with Crippen molar-refractivity contribution in [1.82, 2.24) is 4.98 Å². The molecule has 1 heterocycles. The van der Waals surface area contributed by atoms with Crippen LogP contribution >= 0.6 is 0 Å². The van der Waals surface area contributed by atoms with Crippen LogP contribution in [0.15, 0.2) is 30.5 Å². The van der Waals surface area contributed by atoms with Crippen molar-refractivity contribution in [3.05, 3.63) is 36.2 Å². The lowest BCUT2D eigenvalue weighted by atomic mass is 10.1. The molecule has 0 aliphatic rings. The summed E-state index contributed by atoms with van der Waals surface area (Å²) >= 11 is 0. The third-order valence-corrected chi connectivity index (χ3v) is 2.17. The first-order chi connectivity index (χ1) is 7.22. The Bertz CT molecular complexity index is 522. The second kappa shape index (κ2) is 3.57. The molecule has 0 aliphatic heterocycles. The number of carboxylic acids is 1. The van der Waals surface area contributed by atoms with Crippen LogP contribution < -0.4 is 4.74 Å². The molecule has 4 nitrogen and oxygen atoms in total. The maximum atomic E-state index is 10.9. The third-order valence-electron chi connectivity index (χ3n) is 2.17. The number of pyridine rings is 1. The van der Waals surface area contributed by atoms with Gasteiger partial charge < -0.3 is 9.84 Å². The van der Waals surface area contributed by atoms with Crippen molar-refractivity contribution in [2.75, 3.05) is 7.11 Å². The third kappa shape index (κ3) is 1.61. The average Bonchev–Trinajstić information content (AvgIpc) is 2.27. The minimum atomic E-state index is -1.02. The van der Waals surface area contributed by atoms with Gasteiger partial charge in [-0.05, 0) is 29.7 Å². The number of methoxy groups -OCH3 is 1. The van der Waals surface area contributed by atoms with E-state index in [1.807, 2.05) is 0 Å². The molecule has 0 aliphatic carbocycles. The minimum absolute atomic E-state index is 0.0650. The second-order valence-corrected chi connectivity index (χ2v) is 3.05. The molecule has 0 saturated heterocycles. The van der Waals surface area contributed by atoms with Gasteiger partial charge in [0.25, 0.3) is 0 Å². The fourth-order valence-corrected chi connectivity index (χ4v) is 1.45. The molecule has 4 heteroatoms. The van der Waals surface area contributed by atoms with Gasteiger partial charge >= 0.3 is 5.97 Å². The number of carbonyl (C=O) groups is 1. The van der Waals surface area contributed by atoms with Crippen LogP contribution in [0.2, 0.25) is 0 Å². The summed E-state index contributed by atoms with van der Waals surface area (Å²) in [7, 11) is 1.57. The number of nitrogens with zero attached hydrogens (tertiary/aromatic N) is 1. The van der Waals surface area contributed by atoms with Gasteiger partial charge in [0.05, 0.1) is 7.11 Å². The van der Waals surface area contributed by atoms with Crippen LogP contribution in [0.1, 0.15) is 10.5 Å². The van der Waals surface area contributed by atoms with Crippen LogP contribution in [0.25, 0.3) is 10.8 Å². The summed E-state index contributed by atoms with van der Waals surface area (Å²) in [5, 5.41) is 10.3. The Morgan fingerprint density at radius 1 is 1.40 bits per heavy atom. The van der Waals surface area contributed by atoms with E-state index >= 15 is 0 Å². The first-order valence-electron chi connectivity index (χ1n) is 4.38. The van der Waals surface area contributed by atoms with Crippen LogP contribution in [-0.4, -0.2) is 23.2 Å². The molecule has 2 aromatic rings. The van der Waals surface area contributed by atoms with Gasteiger partial charge in [-0.15, -0.1) is 0 Å². The van der Waals surface area contributed by atoms with Crippen molar-refractivity contribution in [2.24, 2.45) is 0 Å². The zero-order valence-corrected chi connectivity index (χ0v) is 8.10. The first kappa shape index (κ1) is 9.45. The monoisotopic (exact) mass is 203 g/mol. The molecule has 0 fully saturated rings. The largest absolute Gasteiger partial charge is 0.497 e. The van der Waals surface area contributed by atoms with E-state index in [0.29, 0.717) is 11.1 Å². The van der Waals surface area contributed by atoms with Crippen LogP contribution in [0, 0.1) is 0 Å². The van der Waals surface area contributed by atoms with Crippen molar-refractivity contribution in [1.29, 1.82) is 0 Å². The highest BCUT2D eigenvalue weighted by molar-refractivity contribution is 6.01. The van der Waals surface area contributed by atoms with Crippen molar-refractivity contribution < 1.29 is 14.6 Å². The molecule has 0 unspecified atom stereocenters. The van der Waals surface area contributed by atoms with Gasteiger partial charge in [-0.25, -0.2) is 9.78 Å². The minimum Gasteiger partial charge on any atom is -0.497 e. The highest BCUT2D eigenvalue weighted by atomic mass is 16.5. The summed E-state index contributed by atoms with van der Waals surface area (Å²) in [6, 6.07) is 6.95. The van der Waals surface area contributed by atoms with Crippen molar-refractivity contribution in [2.45, 2.75) is 0 Å². The highest BCUT2D eigenvalue weighted by Gasteiger charge is 2.09. The Hall–Kier alpha value is -2.10. The van der Waals surface area contributed by atoms with E-state index < -0.39 is 5.97 Å². The Morgan fingerprint density at radius 3 is 2.87 bits per heavy atom. The maximum absolute atomic E-state index is 10.9. The molecule has 1 aromatic carbocycles. The van der Waals surface area contributed by atoms with E-state index in [-0.39, 0.29) is 5.69 Å².